The lowest BCUT2D eigenvalue weighted by atomic mass is 10.2. The first kappa shape index (κ1) is 23.5. The number of carbonyl (C=O) groups excluding carboxylic acids is 3. The number of benzene rings is 3. The van der Waals surface area contributed by atoms with Gasteiger partial charge >= 0.3 is 11.8 Å². The van der Waals surface area contributed by atoms with Crippen LogP contribution in [0.25, 0.3) is 10.9 Å². The Morgan fingerprint density at radius 3 is 2.29 bits per heavy atom. The Kier molecular flexibility index (Phi) is 6.72. The van der Waals surface area contributed by atoms with E-state index in [0.29, 0.717) is 27.3 Å². The Bertz CT molecular complexity index is 1450. The van der Waals surface area contributed by atoms with Crippen LogP contribution in [0.15, 0.2) is 71.2 Å². The molecule has 0 aliphatic heterocycles. The van der Waals surface area contributed by atoms with Gasteiger partial charge in [-0.25, -0.2) is 4.68 Å². The molecule has 3 N–H and O–H groups in total. The molecule has 4 rings (SSSR count). The Balaban J connectivity index is 1.65. The van der Waals surface area contributed by atoms with Gasteiger partial charge in [-0.2, -0.15) is 0 Å². The van der Waals surface area contributed by atoms with Crippen LogP contribution in [-0.2, 0) is 9.59 Å². The van der Waals surface area contributed by atoms with E-state index in [2.05, 4.69) is 32.0 Å². The minimum atomic E-state index is -0.926. The molecule has 34 heavy (non-hydrogen) atoms. The van der Waals surface area contributed by atoms with Crippen LogP contribution in [0.1, 0.15) is 21.6 Å². The van der Waals surface area contributed by atoms with Gasteiger partial charge in [-0.1, -0.05) is 45.7 Å². The number of nitrogens with one attached hydrogen (secondary N) is 3. The van der Waals surface area contributed by atoms with Crippen molar-refractivity contribution in [3.05, 3.63) is 93.0 Å². The average molecular weight is 540 g/mol. The molecule has 0 atom stereocenters. The largest absolute Gasteiger partial charge is 0.328 e. The number of hydrogen-bond acceptors (Lipinski definition) is 3. The molecule has 1 heterocycles. The van der Waals surface area contributed by atoms with Gasteiger partial charge in [-0.15, -0.1) is 0 Å². The molecule has 0 spiro atoms. The Hall–Kier alpha value is -3.62. The molecule has 0 bridgehead atoms. The van der Waals surface area contributed by atoms with E-state index in [1.807, 2.05) is 38.1 Å². The highest BCUT2D eigenvalue weighted by molar-refractivity contribution is 9.10. The van der Waals surface area contributed by atoms with Gasteiger partial charge < -0.3 is 10.6 Å². The van der Waals surface area contributed by atoms with Gasteiger partial charge in [0.05, 0.1) is 5.52 Å². The van der Waals surface area contributed by atoms with E-state index in [0.717, 1.165) is 15.6 Å². The first-order valence-corrected chi connectivity index (χ1v) is 11.5. The van der Waals surface area contributed by atoms with Crippen molar-refractivity contribution < 1.29 is 14.4 Å². The number of hydrogen-bond donors (Lipinski definition) is 3. The predicted molar refractivity (Wildman–Crippen MR) is 138 cm³/mol. The zero-order chi connectivity index (χ0) is 24.4. The Morgan fingerprint density at radius 1 is 0.824 bits per heavy atom. The molecule has 0 saturated carbocycles. The molecule has 9 heteroatoms. The van der Waals surface area contributed by atoms with E-state index in [-0.39, 0.29) is 5.69 Å². The van der Waals surface area contributed by atoms with Crippen LogP contribution in [0.5, 0.6) is 0 Å². The van der Waals surface area contributed by atoms with Gasteiger partial charge in [-0.3, -0.25) is 19.8 Å². The standard InChI is InChI=1S/C25H20BrClN4O3/c1-14-5-3-4-6-19(14)29-24(33)25(34)30-31-21-10-8-18(27)12-16(21)13-22(31)23(32)28-20-9-7-17(26)11-15(20)2/h3-13H,1-2H3,(H,28,32)(H,29,33)(H,30,34). The molecule has 1 aromatic heterocycles. The fourth-order valence-electron chi connectivity index (χ4n) is 3.47. The number of aryl methyl sites for hydroxylation is 2. The minimum Gasteiger partial charge on any atom is -0.320 e. The lowest BCUT2D eigenvalue weighted by Gasteiger charge is -2.14. The van der Waals surface area contributed by atoms with E-state index in [9.17, 15) is 14.4 Å². The summed E-state index contributed by atoms with van der Waals surface area (Å²) in [6, 6.07) is 19.2. The number of fused-ring (bicyclic) bond motifs is 1. The lowest BCUT2D eigenvalue weighted by molar-refractivity contribution is -0.133. The van der Waals surface area contributed by atoms with E-state index < -0.39 is 17.7 Å². The molecule has 0 aliphatic rings. The summed E-state index contributed by atoms with van der Waals surface area (Å²) in [7, 11) is 0. The summed E-state index contributed by atoms with van der Waals surface area (Å²) in [5, 5.41) is 6.55. The fraction of sp³-hybridized carbons (Fsp3) is 0.0800. The highest BCUT2D eigenvalue weighted by Crippen LogP contribution is 2.25. The molecular weight excluding hydrogens is 520 g/mol. The zero-order valence-electron chi connectivity index (χ0n) is 18.3. The van der Waals surface area contributed by atoms with Crippen LogP contribution in [0.4, 0.5) is 11.4 Å². The first-order chi connectivity index (χ1) is 16.2. The minimum absolute atomic E-state index is 0.136. The van der Waals surface area contributed by atoms with Crippen LogP contribution < -0.4 is 16.1 Å². The number of amides is 3. The van der Waals surface area contributed by atoms with Crippen molar-refractivity contribution in [2.45, 2.75) is 13.8 Å². The highest BCUT2D eigenvalue weighted by Gasteiger charge is 2.22. The molecule has 3 aromatic carbocycles. The van der Waals surface area contributed by atoms with Crippen molar-refractivity contribution in [3.63, 3.8) is 0 Å². The maximum Gasteiger partial charge on any atom is 0.328 e. The number of carbonyl (C=O) groups is 3. The van der Waals surface area contributed by atoms with Gasteiger partial charge in [0.15, 0.2) is 0 Å². The number of rotatable bonds is 4. The summed E-state index contributed by atoms with van der Waals surface area (Å²) in [6.07, 6.45) is 0. The van der Waals surface area contributed by atoms with Crippen molar-refractivity contribution >= 4 is 67.5 Å². The molecule has 0 saturated heterocycles. The Labute approximate surface area is 209 Å². The van der Waals surface area contributed by atoms with Gasteiger partial charge in [0, 0.05) is 26.3 Å². The van der Waals surface area contributed by atoms with Crippen molar-refractivity contribution in [1.29, 1.82) is 0 Å². The molecular formula is C25H20BrClN4O3. The number of halogens is 2. The van der Waals surface area contributed by atoms with Crippen molar-refractivity contribution in [1.82, 2.24) is 4.68 Å². The van der Waals surface area contributed by atoms with Crippen LogP contribution >= 0.6 is 27.5 Å². The Morgan fingerprint density at radius 2 is 1.56 bits per heavy atom. The van der Waals surface area contributed by atoms with E-state index in [4.69, 9.17) is 11.6 Å². The molecule has 0 fully saturated rings. The highest BCUT2D eigenvalue weighted by atomic mass is 79.9. The van der Waals surface area contributed by atoms with Crippen LogP contribution in [0.2, 0.25) is 5.02 Å². The maximum absolute atomic E-state index is 13.2. The van der Waals surface area contributed by atoms with E-state index >= 15 is 0 Å². The normalized spacial score (nSPS) is 10.7. The second kappa shape index (κ2) is 9.70. The third kappa shape index (κ3) is 4.98. The topological polar surface area (TPSA) is 92.2 Å². The van der Waals surface area contributed by atoms with Crippen LogP contribution in [0, 0.1) is 13.8 Å². The van der Waals surface area contributed by atoms with E-state index in [1.54, 1.807) is 42.5 Å². The summed E-state index contributed by atoms with van der Waals surface area (Å²) in [6.45, 7) is 3.69. The molecule has 4 aromatic rings. The second-order valence-electron chi connectivity index (χ2n) is 7.69. The number of anilines is 2. The number of para-hydroxylation sites is 1. The summed E-state index contributed by atoms with van der Waals surface area (Å²) in [5.74, 6) is -2.25. The maximum atomic E-state index is 13.2. The summed E-state index contributed by atoms with van der Waals surface area (Å²) >= 11 is 9.52. The van der Waals surface area contributed by atoms with Crippen molar-refractivity contribution in [2.24, 2.45) is 0 Å². The number of aromatic nitrogens is 1. The number of nitrogens with zero attached hydrogens (tertiary/aromatic N) is 1. The van der Waals surface area contributed by atoms with E-state index in [1.165, 1.54) is 4.68 Å². The van der Waals surface area contributed by atoms with Gasteiger partial charge in [0.1, 0.15) is 5.69 Å². The summed E-state index contributed by atoms with van der Waals surface area (Å²) < 4.78 is 2.17. The molecule has 0 unspecified atom stereocenters. The SMILES string of the molecule is Cc1ccccc1NC(=O)C(=O)Nn1c(C(=O)Nc2ccc(Br)cc2C)cc2cc(Cl)ccc21. The lowest BCUT2D eigenvalue weighted by Crippen LogP contribution is -2.36. The second-order valence-corrected chi connectivity index (χ2v) is 9.04. The van der Waals surface area contributed by atoms with Gasteiger partial charge in [-0.05, 0) is 73.5 Å². The third-order valence-corrected chi connectivity index (χ3v) is 5.97. The molecule has 0 aliphatic carbocycles. The summed E-state index contributed by atoms with van der Waals surface area (Å²) in [4.78, 5) is 38.5. The van der Waals surface area contributed by atoms with Gasteiger partial charge in [0.25, 0.3) is 5.91 Å². The molecule has 7 nitrogen and oxygen atoms in total. The average Bonchev–Trinajstić information content (AvgIpc) is 3.14. The third-order valence-electron chi connectivity index (χ3n) is 5.25. The smallest absolute Gasteiger partial charge is 0.320 e. The molecule has 172 valence electrons. The van der Waals surface area contributed by atoms with Crippen LogP contribution in [-0.4, -0.2) is 22.4 Å². The first-order valence-electron chi connectivity index (χ1n) is 10.3. The quantitative estimate of drug-likeness (QED) is 0.293. The van der Waals surface area contributed by atoms with Crippen molar-refractivity contribution in [3.8, 4) is 0 Å². The van der Waals surface area contributed by atoms with Gasteiger partial charge in [0.2, 0.25) is 0 Å². The predicted octanol–water partition coefficient (Wildman–Crippen LogP) is 5.64. The van der Waals surface area contributed by atoms with Crippen LogP contribution in [0.3, 0.4) is 0 Å². The zero-order valence-corrected chi connectivity index (χ0v) is 20.6. The molecule has 3 amide bonds. The monoisotopic (exact) mass is 538 g/mol. The van der Waals surface area contributed by atoms with Crippen molar-refractivity contribution in [2.75, 3.05) is 16.1 Å². The fourth-order valence-corrected chi connectivity index (χ4v) is 4.13. The summed E-state index contributed by atoms with van der Waals surface area (Å²) in [5.41, 5.74) is 6.00. The molecule has 0 radical (unpaired) electrons.